The fourth-order valence-corrected chi connectivity index (χ4v) is 3.11. The van der Waals surface area contributed by atoms with Gasteiger partial charge in [0.15, 0.2) is 0 Å². The number of fused-ring (bicyclic) bond motifs is 1. The normalized spacial score (nSPS) is 11.5. The Bertz CT molecular complexity index is 804. The third-order valence-corrected chi connectivity index (χ3v) is 4.17. The van der Waals surface area contributed by atoms with E-state index in [0.717, 1.165) is 43.8 Å². The monoisotopic (exact) mass is 322 g/mol. The molecule has 0 radical (unpaired) electrons. The van der Waals surface area contributed by atoms with Gasteiger partial charge >= 0.3 is 0 Å². The molecule has 0 amide bonds. The van der Waals surface area contributed by atoms with Gasteiger partial charge in [-0.3, -0.25) is 0 Å². The number of aromatic nitrogens is 2. The predicted octanol–water partition coefficient (Wildman–Crippen LogP) is 3.50. The van der Waals surface area contributed by atoms with Gasteiger partial charge in [-0.2, -0.15) is 0 Å². The zero-order chi connectivity index (χ0) is 16.9. The van der Waals surface area contributed by atoms with E-state index in [0.29, 0.717) is 0 Å². The largest absolute Gasteiger partial charge is 0.330 e. The van der Waals surface area contributed by atoms with Crippen molar-refractivity contribution in [3.63, 3.8) is 0 Å². The lowest BCUT2D eigenvalue weighted by atomic mass is 10.1. The Hall–Kier alpha value is -2.17. The van der Waals surface area contributed by atoms with Crippen molar-refractivity contribution in [3.8, 4) is 11.4 Å². The highest BCUT2D eigenvalue weighted by Crippen LogP contribution is 2.26. The molecule has 1 heterocycles. The summed E-state index contributed by atoms with van der Waals surface area (Å²) in [6.07, 6.45) is 2.11. The average Bonchev–Trinajstić information content (AvgIpc) is 2.94. The maximum absolute atomic E-state index is 5.67. The number of hydrogen-bond donors (Lipinski definition) is 1. The summed E-state index contributed by atoms with van der Waals surface area (Å²) in [6.45, 7) is 2.62. The van der Waals surface area contributed by atoms with E-state index in [1.807, 2.05) is 6.07 Å². The molecule has 2 N–H and O–H groups in total. The van der Waals surface area contributed by atoms with E-state index in [2.05, 4.69) is 66.0 Å². The number of hydrogen-bond acceptors (Lipinski definition) is 3. The van der Waals surface area contributed by atoms with Crippen molar-refractivity contribution in [3.05, 3.63) is 54.1 Å². The summed E-state index contributed by atoms with van der Waals surface area (Å²) in [5, 5.41) is 0. The number of nitrogens with two attached hydrogens (primary N) is 1. The molecule has 2 aromatic carbocycles. The number of para-hydroxylation sites is 2. The van der Waals surface area contributed by atoms with E-state index in [1.54, 1.807) is 0 Å². The van der Waals surface area contributed by atoms with E-state index in [9.17, 15) is 0 Å². The third kappa shape index (κ3) is 3.66. The highest BCUT2D eigenvalue weighted by Gasteiger charge is 2.12. The number of aryl methyl sites for hydroxylation is 1. The van der Waals surface area contributed by atoms with E-state index in [4.69, 9.17) is 10.7 Å². The van der Waals surface area contributed by atoms with E-state index in [-0.39, 0.29) is 0 Å². The number of rotatable bonds is 7. The molecule has 4 heteroatoms. The fraction of sp³-hybridized carbons (Fsp3) is 0.350. The van der Waals surface area contributed by atoms with Gasteiger partial charge in [-0.15, -0.1) is 0 Å². The van der Waals surface area contributed by atoms with Crippen LogP contribution in [-0.2, 0) is 13.1 Å². The van der Waals surface area contributed by atoms with Crippen LogP contribution in [-0.4, -0.2) is 35.1 Å². The van der Waals surface area contributed by atoms with Crippen LogP contribution in [0.1, 0.15) is 18.4 Å². The summed E-state index contributed by atoms with van der Waals surface area (Å²) in [5.74, 6) is 1.05. The predicted molar refractivity (Wildman–Crippen MR) is 101 cm³/mol. The van der Waals surface area contributed by atoms with Crippen LogP contribution in [0, 0.1) is 0 Å². The lowest BCUT2D eigenvalue weighted by Crippen LogP contribution is -2.10. The second-order valence-corrected chi connectivity index (χ2v) is 6.51. The van der Waals surface area contributed by atoms with Gasteiger partial charge in [0.05, 0.1) is 11.0 Å². The Kier molecular flexibility index (Phi) is 5.28. The summed E-state index contributed by atoms with van der Waals surface area (Å²) in [7, 11) is 4.18. The Morgan fingerprint density at radius 1 is 1.04 bits per heavy atom. The highest BCUT2D eigenvalue weighted by atomic mass is 15.1. The van der Waals surface area contributed by atoms with Gasteiger partial charge in [0, 0.05) is 18.7 Å². The molecule has 0 aliphatic heterocycles. The summed E-state index contributed by atoms with van der Waals surface area (Å²) in [5.41, 5.74) is 10.4. The van der Waals surface area contributed by atoms with Crippen molar-refractivity contribution in [1.82, 2.24) is 14.5 Å². The molecular formula is C20H26N4. The van der Waals surface area contributed by atoms with E-state index < -0.39 is 0 Å². The van der Waals surface area contributed by atoms with Crippen molar-refractivity contribution in [1.29, 1.82) is 0 Å². The summed E-state index contributed by atoms with van der Waals surface area (Å²) in [6, 6.07) is 17.1. The van der Waals surface area contributed by atoms with Gasteiger partial charge in [-0.25, -0.2) is 4.98 Å². The maximum Gasteiger partial charge on any atom is 0.141 e. The van der Waals surface area contributed by atoms with Crippen molar-refractivity contribution in [2.75, 3.05) is 20.6 Å². The van der Waals surface area contributed by atoms with Crippen LogP contribution in [0.15, 0.2) is 48.5 Å². The zero-order valence-corrected chi connectivity index (χ0v) is 14.6. The van der Waals surface area contributed by atoms with Crippen molar-refractivity contribution in [2.24, 2.45) is 5.73 Å². The summed E-state index contributed by atoms with van der Waals surface area (Å²) < 4.78 is 2.33. The maximum atomic E-state index is 5.67. The number of benzene rings is 2. The molecule has 24 heavy (non-hydrogen) atoms. The minimum absolute atomic E-state index is 0.736. The van der Waals surface area contributed by atoms with Gasteiger partial charge in [-0.05, 0) is 57.2 Å². The SMILES string of the molecule is CN(C)Cc1cccc(-c2nc3ccccc3n2CCCCN)c1. The van der Waals surface area contributed by atoms with Crippen molar-refractivity contribution in [2.45, 2.75) is 25.9 Å². The summed E-state index contributed by atoms with van der Waals surface area (Å²) in [4.78, 5) is 7.08. The topological polar surface area (TPSA) is 47.1 Å². The molecular weight excluding hydrogens is 296 g/mol. The van der Waals surface area contributed by atoms with Gasteiger partial charge in [0.1, 0.15) is 5.82 Å². The van der Waals surface area contributed by atoms with Crippen LogP contribution in [0.3, 0.4) is 0 Å². The molecule has 0 fully saturated rings. The molecule has 0 spiro atoms. The number of unbranched alkanes of at least 4 members (excludes halogenated alkanes) is 1. The minimum Gasteiger partial charge on any atom is -0.330 e. The quantitative estimate of drug-likeness (QED) is 0.677. The Labute approximate surface area is 143 Å². The lowest BCUT2D eigenvalue weighted by molar-refractivity contribution is 0.402. The number of nitrogens with zero attached hydrogens (tertiary/aromatic N) is 3. The van der Waals surface area contributed by atoms with Gasteiger partial charge in [-0.1, -0.05) is 30.3 Å². The molecule has 126 valence electrons. The first kappa shape index (κ1) is 16.7. The molecule has 0 aliphatic carbocycles. The molecule has 0 atom stereocenters. The fourth-order valence-electron chi connectivity index (χ4n) is 3.11. The first-order valence-electron chi connectivity index (χ1n) is 8.58. The second kappa shape index (κ2) is 7.60. The van der Waals surface area contributed by atoms with Gasteiger partial charge in [0.25, 0.3) is 0 Å². The molecule has 0 saturated heterocycles. The van der Waals surface area contributed by atoms with Crippen molar-refractivity contribution < 1.29 is 0 Å². The number of imidazole rings is 1. The lowest BCUT2D eigenvalue weighted by Gasteiger charge is -2.12. The highest BCUT2D eigenvalue weighted by molar-refractivity contribution is 5.80. The van der Waals surface area contributed by atoms with Crippen LogP contribution in [0.2, 0.25) is 0 Å². The van der Waals surface area contributed by atoms with Crippen LogP contribution in [0.5, 0.6) is 0 Å². The first-order valence-corrected chi connectivity index (χ1v) is 8.58. The van der Waals surface area contributed by atoms with Crippen LogP contribution in [0.4, 0.5) is 0 Å². The molecule has 3 aromatic rings. The standard InChI is InChI=1S/C20H26N4/c1-23(2)15-16-8-7-9-17(14-16)20-22-18-10-3-4-11-19(18)24(20)13-6-5-12-21/h3-4,7-11,14H,5-6,12-13,15,21H2,1-2H3. The van der Waals surface area contributed by atoms with Crippen LogP contribution >= 0.6 is 0 Å². The third-order valence-electron chi connectivity index (χ3n) is 4.17. The molecule has 4 nitrogen and oxygen atoms in total. The Balaban J connectivity index is 2.03. The van der Waals surface area contributed by atoms with Crippen LogP contribution < -0.4 is 5.73 Å². The Morgan fingerprint density at radius 2 is 1.88 bits per heavy atom. The molecule has 1 aromatic heterocycles. The smallest absolute Gasteiger partial charge is 0.141 e. The average molecular weight is 322 g/mol. The van der Waals surface area contributed by atoms with E-state index >= 15 is 0 Å². The molecule has 0 saturated carbocycles. The van der Waals surface area contributed by atoms with Crippen molar-refractivity contribution >= 4 is 11.0 Å². The Morgan fingerprint density at radius 3 is 2.67 bits per heavy atom. The molecule has 0 bridgehead atoms. The van der Waals surface area contributed by atoms with Gasteiger partial charge in [0.2, 0.25) is 0 Å². The molecule has 3 rings (SSSR count). The molecule has 0 unspecified atom stereocenters. The van der Waals surface area contributed by atoms with E-state index in [1.165, 1.54) is 16.6 Å². The van der Waals surface area contributed by atoms with Gasteiger partial charge < -0.3 is 15.2 Å². The first-order chi connectivity index (χ1) is 11.7. The minimum atomic E-state index is 0.736. The summed E-state index contributed by atoms with van der Waals surface area (Å²) >= 11 is 0. The van der Waals surface area contributed by atoms with Crippen LogP contribution in [0.25, 0.3) is 22.4 Å². The zero-order valence-electron chi connectivity index (χ0n) is 14.6. The molecule has 0 aliphatic rings. The second-order valence-electron chi connectivity index (χ2n) is 6.51.